The van der Waals surface area contributed by atoms with Crippen LogP contribution in [0.1, 0.15) is 28.9 Å². The van der Waals surface area contributed by atoms with Gasteiger partial charge < -0.3 is 25.0 Å². The molecular formula is C29H29FN6O3S. The minimum Gasteiger partial charge on any atom is -0.454 e. The number of ether oxygens (including phenoxy) is 2. The molecule has 2 aliphatic heterocycles. The summed E-state index contributed by atoms with van der Waals surface area (Å²) in [5.74, 6) is -0.0623. The topological polar surface area (TPSA) is 102 Å². The molecule has 6 rings (SSSR count). The monoisotopic (exact) mass is 560 g/mol. The number of rotatable bonds is 9. The fraction of sp³-hybridized carbons (Fsp3) is 0.310. The third-order valence-electron chi connectivity index (χ3n) is 7.20. The number of anilines is 2. The van der Waals surface area contributed by atoms with Gasteiger partial charge in [-0.15, -0.1) is 11.3 Å². The molecule has 0 saturated carbocycles. The van der Waals surface area contributed by atoms with Gasteiger partial charge in [0.15, 0.2) is 11.6 Å². The number of carbonyl (C=O) groups is 1. The van der Waals surface area contributed by atoms with E-state index in [9.17, 15) is 9.18 Å². The first kappa shape index (κ1) is 26.3. The van der Waals surface area contributed by atoms with Crippen molar-refractivity contribution in [2.24, 2.45) is 0 Å². The molecule has 2 aromatic carbocycles. The fourth-order valence-corrected chi connectivity index (χ4v) is 5.81. The predicted octanol–water partition coefficient (Wildman–Crippen LogP) is 5.05. The Hall–Kier alpha value is -3.93. The summed E-state index contributed by atoms with van der Waals surface area (Å²) >= 11 is 1.37. The molecule has 2 N–H and O–H groups in total. The van der Waals surface area contributed by atoms with E-state index in [2.05, 4.69) is 30.7 Å². The SMILES string of the molecule is Cc1c(Oc2ccccc2F)ccc(NC(=O)c2csc(-c3ccnnc3)n2)c1N1CCC[C@@H]1CNC1COC1. The summed E-state index contributed by atoms with van der Waals surface area (Å²) in [5, 5.41) is 16.8. The fourth-order valence-electron chi connectivity index (χ4n) is 5.02. The zero-order chi connectivity index (χ0) is 27.5. The van der Waals surface area contributed by atoms with Crippen molar-refractivity contribution < 1.29 is 18.7 Å². The summed E-state index contributed by atoms with van der Waals surface area (Å²) in [4.78, 5) is 20.2. The number of nitrogens with zero attached hydrogens (tertiary/aromatic N) is 4. The zero-order valence-electron chi connectivity index (χ0n) is 22.0. The van der Waals surface area contributed by atoms with E-state index < -0.39 is 5.82 Å². The largest absolute Gasteiger partial charge is 0.454 e. The Morgan fingerprint density at radius 1 is 1.18 bits per heavy atom. The van der Waals surface area contributed by atoms with Gasteiger partial charge in [0.1, 0.15) is 16.5 Å². The number of hydrogen-bond donors (Lipinski definition) is 2. The van der Waals surface area contributed by atoms with E-state index in [0.717, 1.165) is 56.0 Å². The van der Waals surface area contributed by atoms with E-state index in [1.54, 1.807) is 48.1 Å². The van der Waals surface area contributed by atoms with Crippen LogP contribution in [-0.4, -0.2) is 59.5 Å². The Morgan fingerprint density at radius 3 is 2.83 bits per heavy atom. The van der Waals surface area contributed by atoms with Crippen LogP contribution in [0.2, 0.25) is 0 Å². The molecule has 206 valence electrons. The molecule has 0 aliphatic carbocycles. The Kier molecular flexibility index (Phi) is 7.67. The number of halogens is 1. The first-order valence-electron chi connectivity index (χ1n) is 13.2. The Bertz CT molecular complexity index is 1500. The quantitative estimate of drug-likeness (QED) is 0.293. The first-order chi connectivity index (χ1) is 19.6. The highest BCUT2D eigenvalue weighted by molar-refractivity contribution is 7.13. The average molecular weight is 561 g/mol. The minimum atomic E-state index is -0.435. The van der Waals surface area contributed by atoms with Crippen molar-refractivity contribution in [2.75, 3.05) is 36.5 Å². The number of thiazole rings is 1. The lowest BCUT2D eigenvalue weighted by atomic mass is 10.1. The second-order valence-electron chi connectivity index (χ2n) is 9.87. The maximum absolute atomic E-state index is 14.4. The molecule has 1 atom stereocenters. The molecule has 4 aromatic rings. The number of benzene rings is 2. The molecule has 2 aromatic heterocycles. The number of nitrogens with one attached hydrogen (secondary N) is 2. The highest BCUT2D eigenvalue weighted by atomic mass is 32.1. The lowest BCUT2D eigenvalue weighted by Crippen LogP contribution is -2.50. The van der Waals surface area contributed by atoms with Gasteiger partial charge in [-0.2, -0.15) is 10.2 Å². The second kappa shape index (κ2) is 11.7. The van der Waals surface area contributed by atoms with Crippen LogP contribution in [0.3, 0.4) is 0 Å². The molecule has 11 heteroatoms. The summed E-state index contributed by atoms with van der Waals surface area (Å²) in [6, 6.07) is 12.3. The van der Waals surface area contributed by atoms with Crippen LogP contribution in [0.25, 0.3) is 10.6 Å². The third-order valence-corrected chi connectivity index (χ3v) is 8.09. The number of carbonyl (C=O) groups excluding carboxylic acids is 1. The average Bonchev–Trinajstić information content (AvgIpc) is 3.62. The number of para-hydroxylation sites is 1. The van der Waals surface area contributed by atoms with Crippen molar-refractivity contribution in [3.63, 3.8) is 0 Å². The van der Waals surface area contributed by atoms with Crippen molar-refractivity contribution in [2.45, 2.75) is 31.8 Å². The highest BCUT2D eigenvalue weighted by Gasteiger charge is 2.31. The first-order valence-corrected chi connectivity index (χ1v) is 14.1. The van der Waals surface area contributed by atoms with Gasteiger partial charge in [0.25, 0.3) is 5.91 Å². The minimum absolute atomic E-state index is 0.151. The molecule has 0 unspecified atom stereocenters. The van der Waals surface area contributed by atoms with Gasteiger partial charge in [0.05, 0.1) is 43.0 Å². The Labute approximate surface area is 235 Å². The lowest BCUT2D eigenvalue weighted by molar-refractivity contribution is -0.00534. The van der Waals surface area contributed by atoms with Crippen LogP contribution in [-0.2, 0) is 4.74 Å². The van der Waals surface area contributed by atoms with Gasteiger partial charge in [-0.05, 0) is 50.1 Å². The van der Waals surface area contributed by atoms with Crippen LogP contribution in [0.15, 0.2) is 60.2 Å². The van der Waals surface area contributed by atoms with Crippen molar-refractivity contribution in [1.29, 1.82) is 0 Å². The van der Waals surface area contributed by atoms with Gasteiger partial charge in [0.2, 0.25) is 0 Å². The standard InChI is InChI=1S/C29H29FN6O3S/c1-18-25(39-26-7-3-2-6-22(26)30)9-8-23(27(18)36-12-4-5-21(36)14-31-20-15-38-16-20)34-28(37)24-17-40-29(35-24)19-10-11-32-33-13-19/h2-3,6-11,13,17,20-21,31H,4-5,12,14-16H2,1H3,(H,34,37)/t21-/m1/s1. The molecule has 2 saturated heterocycles. The smallest absolute Gasteiger partial charge is 0.275 e. The summed E-state index contributed by atoms with van der Waals surface area (Å²) in [5.41, 5.74) is 3.46. The zero-order valence-corrected chi connectivity index (χ0v) is 22.8. The Morgan fingerprint density at radius 2 is 2.05 bits per heavy atom. The summed E-state index contributed by atoms with van der Waals surface area (Å²) in [6.07, 6.45) is 5.25. The van der Waals surface area contributed by atoms with Crippen molar-refractivity contribution in [1.82, 2.24) is 20.5 Å². The molecule has 2 fully saturated rings. The van der Waals surface area contributed by atoms with Crippen molar-refractivity contribution >= 4 is 28.6 Å². The second-order valence-corrected chi connectivity index (χ2v) is 10.7. The Balaban J connectivity index is 1.30. The van der Waals surface area contributed by atoms with Gasteiger partial charge in [0, 0.05) is 35.6 Å². The van der Waals surface area contributed by atoms with Crippen LogP contribution < -0.4 is 20.3 Å². The summed E-state index contributed by atoms with van der Waals surface area (Å²) in [7, 11) is 0. The van der Waals surface area contributed by atoms with Crippen molar-refractivity contribution in [3.8, 4) is 22.1 Å². The molecule has 9 nitrogen and oxygen atoms in total. The molecule has 2 aliphatic rings. The van der Waals surface area contributed by atoms with Crippen LogP contribution in [0.5, 0.6) is 11.5 Å². The van der Waals surface area contributed by atoms with Crippen LogP contribution in [0, 0.1) is 12.7 Å². The molecule has 4 heterocycles. The van der Waals surface area contributed by atoms with E-state index in [0.29, 0.717) is 28.2 Å². The number of aromatic nitrogens is 3. The number of hydrogen-bond acceptors (Lipinski definition) is 9. The molecule has 1 amide bonds. The molecular weight excluding hydrogens is 531 g/mol. The molecule has 0 spiro atoms. The van der Waals surface area contributed by atoms with E-state index in [1.807, 2.05) is 13.0 Å². The van der Waals surface area contributed by atoms with E-state index >= 15 is 0 Å². The van der Waals surface area contributed by atoms with Crippen LogP contribution in [0.4, 0.5) is 15.8 Å². The number of amides is 1. The lowest BCUT2D eigenvalue weighted by Gasteiger charge is -2.34. The highest BCUT2D eigenvalue weighted by Crippen LogP contribution is 2.41. The van der Waals surface area contributed by atoms with Crippen molar-refractivity contribution in [3.05, 3.63) is 77.3 Å². The third kappa shape index (κ3) is 5.53. The maximum Gasteiger partial charge on any atom is 0.275 e. The van der Waals surface area contributed by atoms with Crippen LogP contribution >= 0.6 is 11.3 Å². The molecule has 0 bridgehead atoms. The van der Waals surface area contributed by atoms with E-state index in [4.69, 9.17) is 9.47 Å². The van der Waals surface area contributed by atoms with E-state index in [1.165, 1.54) is 17.4 Å². The summed E-state index contributed by atoms with van der Waals surface area (Å²) < 4.78 is 25.8. The maximum atomic E-state index is 14.4. The van der Waals surface area contributed by atoms with Gasteiger partial charge >= 0.3 is 0 Å². The summed E-state index contributed by atoms with van der Waals surface area (Å²) in [6.45, 7) is 5.03. The van der Waals surface area contributed by atoms with E-state index in [-0.39, 0.29) is 17.7 Å². The normalized spacial score (nSPS) is 17.1. The van der Waals surface area contributed by atoms with Gasteiger partial charge in [-0.25, -0.2) is 9.37 Å². The molecule has 0 radical (unpaired) electrons. The molecule has 40 heavy (non-hydrogen) atoms. The van der Waals surface area contributed by atoms with Gasteiger partial charge in [-0.1, -0.05) is 12.1 Å². The predicted molar refractivity (Wildman–Crippen MR) is 152 cm³/mol. The van der Waals surface area contributed by atoms with Gasteiger partial charge in [-0.3, -0.25) is 4.79 Å².